The number of carboxylic acids is 1. The Morgan fingerprint density at radius 3 is 2.86 bits per heavy atom. The van der Waals surface area contributed by atoms with Gasteiger partial charge in [0.1, 0.15) is 6.04 Å². The highest BCUT2D eigenvalue weighted by Gasteiger charge is 2.25. The zero-order valence-electron chi connectivity index (χ0n) is 11.1. The Morgan fingerprint density at radius 2 is 2.19 bits per heavy atom. The van der Waals surface area contributed by atoms with Crippen LogP contribution in [0.5, 0.6) is 0 Å². The number of sulfonamides is 1. The Labute approximate surface area is 122 Å². The molecule has 2 N–H and O–H groups in total. The van der Waals surface area contributed by atoms with Crippen molar-refractivity contribution in [2.45, 2.75) is 17.4 Å². The van der Waals surface area contributed by atoms with E-state index in [1.165, 1.54) is 18.3 Å². The van der Waals surface area contributed by atoms with E-state index in [1.54, 1.807) is 24.4 Å². The third-order valence-electron chi connectivity index (χ3n) is 2.93. The summed E-state index contributed by atoms with van der Waals surface area (Å²) < 4.78 is 27.0. The summed E-state index contributed by atoms with van der Waals surface area (Å²) in [5.74, 6) is -1.25. The Balaban J connectivity index is 2.47. The van der Waals surface area contributed by atoms with Gasteiger partial charge in [-0.1, -0.05) is 18.2 Å². The van der Waals surface area contributed by atoms with Crippen LogP contribution in [-0.2, 0) is 14.8 Å². The van der Waals surface area contributed by atoms with E-state index in [2.05, 4.69) is 16.3 Å². The molecule has 0 aliphatic heterocycles. The normalized spacial score (nSPS) is 13.0. The average Bonchev–Trinajstić information content (AvgIpc) is 2.46. The van der Waals surface area contributed by atoms with E-state index in [4.69, 9.17) is 5.11 Å². The van der Waals surface area contributed by atoms with Crippen LogP contribution in [0.1, 0.15) is 6.42 Å². The fourth-order valence-corrected chi connectivity index (χ4v) is 3.38. The molecule has 6 nitrogen and oxygen atoms in total. The summed E-state index contributed by atoms with van der Waals surface area (Å²) in [6, 6.07) is 5.08. The molecule has 0 fully saturated rings. The predicted octanol–water partition coefficient (Wildman–Crippen LogP) is 1.54. The number of carbonyl (C=O) groups is 1. The zero-order valence-corrected chi connectivity index (χ0v) is 11.9. The highest BCUT2D eigenvalue weighted by molar-refractivity contribution is 7.89. The maximum Gasteiger partial charge on any atom is 0.322 e. The van der Waals surface area contributed by atoms with Crippen molar-refractivity contribution < 1.29 is 18.3 Å². The quantitative estimate of drug-likeness (QED) is 0.789. The van der Waals surface area contributed by atoms with E-state index in [0.717, 1.165) is 0 Å². The summed E-state index contributed by atoms with van der Waals surface area (Å²) in [4.78, 5) is 15.0. The lowest BCUT2D eigenvalue weighted by Crippen LogP contribution is -2.40. The summed E-state index contributed by atoms with van der Waals surface area (Å²) in [6.45, 7) is 3.43. The molecule has 0 saturated carbocycles. The van der Waals surface area contributed by atoms with E-state index in [9.17, 15) is 13.2 Å². The lowest BCUT2D eigenvalue weighted by atomic mass is 10.2. The zero-order chi connectivity index (χ0) is 15.5. The van der Waals surface area contributed by atoms with Gasteiger partial charge in [0.05, 0.1) is 4.90 Å². The van der Waals surface area contributed by atoms with Crippen molar-refractivity contribution in [1.82, 2.24) is 9.71 Å². The summed E-state index contributed by atoms with van der Waals surface area (Å²) in [6.07, 6.45) is 4.39. The summed E-state index contributed by atoms with van der Waals surface area (Å²) >= 11 is 0. The van der Waals surface area contributed by atoms with E-state index in [1.807, 2.05) is 0 Å². The van der Waals surface area contributed by atoms with Crippen molar-refractivity contribution in [3.63, 3.8) is 0 Å². The first-order valence-corrected chi connectivity index (χ1v) is 7.63. The van der Waals surface area contributed by atoms with Crippen LogP contribution < -0.4 is 4.72 Å². The molecule has 1 heterocycles. The number of hydrogen-bond acceptors (Lipinski definition) is 4. The molecule has 1 aromatic carbocycles. The predicted molar refractivity (Wildman–Crippen MR) is 78.3 cm³/mol. The van der Waals surface area contributed by atoms with Crippen LogP contribution in [0.3, 0.4) is 0 Å². The van der Waals surface area contributed by atoms with Crippen LogP contribution in [0.15, 0.2) is 54.2 Å². The second kappa shape index (κ2) is 6.02. The number of carboxylic acid groups (broad SMARTS) is 1. The average molecular weight is 306 g/mol. The Hall–Kier alpha value is -2.25. The van der Waals surface area contributed by atoms with Gasteiger partial charge in [-0.25, -0.2) is 8.42 Å². The number of nitrogens with zero attached hydrogens (tertiary/aromatic N) is 1. The van der Waals surface area contributed by atoms with Gasteiger partial charge < -0.3 is 5.11 Å². The number of hydrogen-bond donors (Lipinski definition) is 2. The van der Waals surface area contributed by atoms with Crippen molar-refractivity contribution in [2.24, 2.45) is 0 Å². The van der Waals surface area contributed by atoms with E-state index in [0.29, 0.717) is 10.8 Å². The number of nitrogens with one attached hydrogen (secondary N) is 1. The number of benzene rings is 1. The maximum atomic E-state index is 12.4. The monoisotopic (exact) mass is 306 g/mol. The van der Waals surface area contributed by atoms with Gasteiger partial charge in [0.15, 0.2) is 0 Å². The van der Waals surface area contributed by atoms with Gasteiger partial charge in [-0.3, -0.25) is 9.78 Å². The Morgan fingerprint density at radius 1 is 1.43 bits per heavy atom. The molecular weight excluding hydrogens is 292 g/mol. The molecule has 0 aliphatic rings. The SMILES string of the molecule is C=CCC(NS(=O)(=O)c1cccc2cnccc12)C(=O)O. The van der Waals surface area contributed by atoms with Gasteiger partial charge in [0.25, 0.3) is 0 Å². The molecule has 2 rings (SSSR count). The molecule has 0 saturated heterocycles. The molecule has 110 valence electrons. The molecule has 1 aromatic heterocycles. The molecule has 0 radical (unpaired) electrons. The first kappa shape index (κ1) is 15.1. The third kappa shape index (κ3) is 3.26. The highest BCUT2D eigenvalue weighted by atomic mass is 32.2. The van der Waals surface area contributed by atoms with Gasteiger partial charge in [-0.15, -0.1) is 6.58 Å². The summed E-state index contributed by atoms with van der Waals surface area (Å²) in [5.41, 5.74) is 0. The summed E-state index contributed by atoms with van der Waals surface area (Å²) in [5, 5.41) is 10.2. The van der Waals surface area contributed by atoms with Crippen LogP contribution in [-0.4, -0.2) is 30.5 Å². The van der Waals surface area contributed by atoms with Gasteiger partial charge in [-0.2, -0.15) is 4.72 Å². The number of fused-ring (bicyclic) bond motifs is 1. The molecule has 0 amide bonds. The molecule has 7 heteroatoms. The van der Waals surface area contributed by atoms with E-state index in [-0.39, 0.29) is 11.3 Å². The number of rotatable bonds is 6. The number of aliphatic carboxylic acids is 1. The van der Waals surface area contributed by atoms with Crippen LogP contribution >= 0.6 is 0 Å². The third-order valence-corrected chi connectivity index (χ3v) is 4.46. The largest absolute Gasteiger partial charge is 0.480 e. The van der Waals surface area contributed by atoms with Crippen molar-refractivity contribution in [3.05, 3.63) is 49.3 Å². The molecule has 0 spiro atoms. The van der Waals surface area contributed by atoms with Gasteiger partial charge in [0.2, 0.25) is 10.0 Å². The molecule has 1 atom stereocenters. The van der Waals surface area contributed by atoms with Gasteiger partial charge in [0, 0.05) is 23.2 Å². The minimum atomic E-state index is -3.96. The first-order valence-electron chi connectivity index (χ1n) is 6.14. The lowest BCUT2D eigenvalue weighted by molar-refractivity contribution is -0.138. The van der Waals surface area contributed by atoms with Crippen LogP contribution in [0.2, 0.25) is 0 Å². The van der Waals surface area contributed by atoms with Gasteiger partial charge >= 0.3 is 5.97 Å². The number of aromatic nitrogens is 1. The van der Waals surface area contributed by atoms with Crippen molar-refractivity contribution >= 4 is 26.8 Å². The first-order chi connectivity index (χ1) is 9.95. The smallest absolute Gasteiger partial charge is 0.322 e. The lowest BCUT2D eigenvalue weighted by Gasteiger charge is -2.14. The minimum Gasteiger partial charge on any atom is -0.480 e. The standard InChI is InChI=1S/C14H14N2O4S/c1-2-4-12(14(17)18)16-21(19,20)13-6-3-5-10-9-15-8-7-11(10)13/h2-3,5-9,12,16H,1,4H2,(H,17,18). The second-order valence-corrected chi connectivity index (χ2v) is 6.07. The molecule has 0 bridgehead atoms. The fourth-order valence-electron chi connectivity index (χ4n) is 1.94. The number of pyridine rings is 1. The highest BCUT2D eigenvalue weighted by Crippen LogP contribution is 2.22. The van der Waals surface area contributed by atoms with Crippen LogP contribution in [0.25, 0.3) is 10.8 Å². The van der Waals surface area contributed by atoms with Gasteiger partial charge in [-0.05, 0) is 18.6 Å². The van der Waals surface area contributed by atoms with Crippen molar-refractivity contribution in [2.75, 3.05) is 0 Å². The summed E-state index contributed by atoms with van der Waals surface area (Å²) in [7, 11) is -3.96. The minimum absolute atomic E-state index is 0.000878. The molecule has 21 heavy (non-hydrogen) atoms. The Bertz CT molecular complexity index is 781. The van der Waals surface area contributed by atoms with E-state index < -0.39 is 22.0 Å². The van der Waals surface area contributed by atoms with Crippen LogP contribution in [0.4, 0.5) is 0 Å². The van der Waals surface area contributed by atoms with Crippen molar-refractivity contribution in [1.29, 1.82) is 0 Å². The second-order valence-electron chi connectivity index (χ2n) is 4.39. The van der Waals surface area contributed by atoms with Crippen molar-refractivity contribution in [3.8, 4) is 0 Å². The molecule has 1 unspecified atom stereocenters. The topological polar surface area (TPSA) is 96.4 Å². The molecule has 2 aromatic rings. The van der Waals surface area contributed by atoms with Crippen LogP contribution in [0, 0.1) is 0 Å². The fraction of sp³-hybridized carbons (Fsp3) is 0.143. The molecular formula is C14H14N2O4S. The maximum absolute atomic E-state index is 12.4. The molecule has 0 aliphatic carbocycles. The Kier molecular flexibility index (Phi) is 4.35. The van der Waals surface area contributed by atoms with E-state index >= 15 is 0 Å².